The van der Waals surface area contributed by atoms with Crippen LogP contribution in [0.2, 0.25) is 0 Å². The SMILES string of the molecule is CC(C)(C)OC=O.COC(=O)c1ccc(CCN(C2CCCN(C)C2)S(=O)c2ccc(C(F)F)cc2)cc1. The van der Waals surface area contributed by atoms with Gasteiger partial charge < -0.3 is 14.4 Å². The summed E-state index contributed by atoms with van der Waals surface area (Å²) in [4.78, 5) is 24.0. The van der Waals surface area contributed by atoms with Gasteiger partial charge in [0.15, 0.2) is 0 Å². The monoisotopic (exact) mass is 552 g/mol. The smallest absolute Gasteiger partial charge is 0.337 e. The number of nitrogens with zero attached hydrogens (tertiary/aromatic N) is 2. The second kappa shape index (κ2) is 15.0. The Labute approximate surface area is 226 Å². The molecule has 7 nitrogen and oxygen atoms in total. The van der Waals surface area contributed by atoms with Gasteiger partial charge in [0.05, 0.1) is 17.6 Å². The Morgan fingerprint density at radius 2 is 1.79 bits per heavy atom. The third-order valence-corrected chi connectivity index (χ3v) is 7.53. The molecule has 1 heterocycles. The van der Waals surface area contributed by atoms with Crippen LogP contribution in [0.4, 0.5) is 8.78 Å². The van der Waals surface area contributed by atoms with E-state index in [9.17, 15) is 22.6 Å². The van der Waals surface area contributed by atoms with Crippen LogP contribution < -0.4 is 0 Å². The molecule has 0 aromatic heterocycles. The molecule has 1 aliphatic heterocycles. The van der Waals surface area contributed by atoms with E-state index in [0.717, 1.165) is 31.5 Å². The van der Waals surface area contributed by atoms with E-state index in [0.29, 0.717) is 29.9 Å². The average Bonchev–Trinajstić information content (AvgIpc) is 2.88. The summed E-state index contributed by atoms with van der Waals surface area (Å²) in [6, 6.07) is 13.0. The molecular weight excluding hydrogens is 514 g/mol. The number of esters is 1. The molecule has 38 heavy (non-hydrogen) atoms. The molecule has 1 saturated heterocycles. The number of hydrogen-bond donors (Lipinski definition) is 0. The first-order valence-corrected chi connectivity index (χ1v) is 13.6. The van der Waals surface area contributed by atoms with Crippen LogP contribution in [0.1, 0.15) is 61.5 Å². The van der Waals surface area contributed by atoms with Gasteiger partial charge in [-0.3, -0.25) is 4.79 Å². The molecule has 0 bridgehead atoms. The van der Waals surface area contributed by atoms with E-state index in [4.69, 9.17) is 4.74 Å². The predicted octanol–water partition coefficient (Wildman–Crippen LogP) is 5.03. The fourth-order valence-electron chi connectivity index (χ4n) is 3.95. The topological polar surface area (TPSA) is 76.2 Å². The van der Waals surface area contributed by atoms with Crippen molar-refractivity contribution in [2.45, 2.75) is 63.0 Å². The van der Waals surface area contributed by atoms with Crippen molar-refractivity contribution >= 4 is 23.4 Å². The van der Waals surface area contributed by atoms with Crippen LogP contribution >= 0.6 is 0 Å². The van der Waals surface area contributed by atoms with Gasteiger partial charge in [-0.25, -0.2) is 22.1 Å². The quantitative estimate of drug-likeness (QED) is 0.321. The van der Waals surface area contributed by atoms with Gasteiger partial charge in [0.25, 0.3) is 12.9 Å². The number of benzene rings is 2. The van der Waals surface area contributed by atoms with Gasteiger partial charge in [0, 0.05) is 24.7 Å². The molecule has 0 saturated carbocycles. The largest absolute Gasteiger partial charge is 0.465 e. The van der Waals surface area contributed by atoms with E-state index < -0.39 is 17.4 Å². The Kier molecular flexibility index (Phi) is 12.5. The molecule has 3 rings (SSSR count). The van der Waals surface area contributed by atoms with Crippen LogP contribution in [-0.4, -0.2) is 71.3 Å². The summed E-state index contributed by atoms with van der Waals surface area (Å²) < 4.78 is 50.4. The number of hydrogen-bond acceptors (Lipinski definition) is 6. The zero-order valence-corrected chi connectivity index (χ0v) is 23.5. The number of carbonyl (C=O) groups is 2. The minimum atomic E-state index is -2.54. The Morgan fingerprint density at radius 3 is 2.26 bits per heavy atom. The third kappa shape index (κ3) is 10.2. The first-order chi connectivity index (χ1) is 17.9. The van der Waals surface area contributed by atoms with Crippen molar-refractivity contribution in [2.75, 3.05) is 33.8 Å². The fourth-order valence-corrected chi connectivity index (χ4v) is 5.29. The maximum atomic E-state index is 13.4. The molecule has 2 unspecified atom stereocenters. The number of carbonyl (C=O) groups excluding carboxylic acids is 2. The fraction of sp³-hybridized carbons (Fsp3) is 0.500. The van der Waals surface area contributed by atoms with Crippen molar-refractivity contribution in [1.29, 1.82) is 0 Å². The number of alkyl halides is 2. The highest BCUT2D eigenvalue weighted by Gasteiger charge is 2.28. The van der Waals surface area contributed by atoms with E-state index in [-0.39, 0.29) is 23.2 Å². The third-order valence-electron chi connectivity index (χ3n) is 5.95. The summed E-state index contributed by atoms with van der Waals surface area (Å²) in [5.74, 6) is -0.383. The number of piperidine rings is 1. The van der Waals surface area contributed by atoms with Crippen molar-refractivity contribution in [3.05, 3.63) is 65.2 Å². The highest BCUT2D eigenvalue weighted by Crippen LogP contribution is 2.24. The minimum absolute atomic E-state index is 0.0737. The highest BCUT2D eigenvalue weighted by molar-refractivity contribution is 7.82. The second-order valence-corrected chi connectivity index (χ2v) is 11.5. The van der Waals surface area contributed by atoms with Crippen LogP contribution in [0.5, 0.6) is 0 Å². The van der Waals surface area contributed by atoms with Gasteiger partial charge in [-0.15, -0.1) is 0 Å². The first kappa shape index (κ1) is 31.5. The molecular formula is C28H38F2N2O5S. The molecule has 0 aliphatic carbocycles. The number of methoxy groups -OCH3 is 1. The van der Waals surface area contributed by atoms with Crippen molar-refractivity contribution in [1.82, 2.24) is 9.21 Å². The molecule has 2 aromatic carbocycles. The Balaban J connectivity index is 0.000000638. The summed E-state index contributed by atoms with van der Waals surface area (Å²) in [5.41, 5.74) is 1.11. The van der Waals surface area contributed by atoms with Crippen LogP contribution in [0, 0.1) is 0 Å². The van der Waals surface area contributed by atoms with E-state index in [1.807, 2.05) is 37.2 Å². The number of halogens is 2. The lowest BCUT2D eigenvalue weighted by Crippen LogP contribution is -2.48. The van der Waals surface area contributed by atoms with Crippen molar-refractivity contribution in [3.8, 4) is 0 Å². The Bertz CT molecular complexity index is 1040. The Hall–Kier alpha value is -2.69. The molecule has 0 N–H and O–H groups in total. The lowest BCUT2D eigenvalue weighted by Gasteiger charge is -2.37. The van der Waals surface area contributed by atoms with E-state index in [1.54, 1.807) is 12.1 Å². The lowest BCUT2D eigenvalue weighted by atomic mass is 10.1. The van der Waals surface area contributed by atoms with Crippen LogP contribution in [-0.2, 0) is 31.7 Å². The Morgan fingerprint density at radius 1 is 1.16 bits per heavy atom. The summed E-state index contributed by atoms with van der Waals surface area (Å²) in [5, 5.41) is 0. The second-order valence-electron chi connectivity index (χ2n) is 10.1. The van der Waals surface area contributed by atoms with Gasteiger partial charge in [0.2, 0.25) is 0 Å². The molecule has 0 amide bonds. The first-order valence-electron chi connectivity index (χ1n) is 12.5. The van der Waals surface area contributed by atoms with Gasteiger partial charge in [0.1, 0.15) is 16.6 Å². The molecule has 0 spiro atoms. The van der Waals surface area contributed by atoms with Gasteiger partial charge in [-0.1, -0.05) is 24.3 Å². The molecule has 2 aromatic rings. The molecule has 210 valence electrons. The van der Waals surface area contributed by atoms with Crippen LogP contribution in [0.15, 0.2) is 53.4 Å². The highest BCUT2D eigenvalue weighted by atomic mass is 32.2. The summed E-state index contributed by atoms with van der Waals surface area (Å²) in [6.07, 6.45) is 0.0701. The standard InChI is InChI=1S/C23H28F2N2O3S.C5H10O2/c1-26-14-3-4-20(16-26)27(31(29)21-11-9-18(10-12-21)22(24)25)15-13-17-5-7-19(8-6-17)23(28)30-2;1-5(2,3)7-4-6/h5-12,20,22H,3-4,13-16H2,1-2H3;4H,1-3H3. The predicted molar refractivity (Wildman–Crippen MR) is 143 cm³/mol. The van der Waals surface area contributed by atoms with E-state index in [2.05, 4.69) is 16.7 Å². The summed E-state index contributed by atoms with van der Waals surface area (Å²) in [6.45, 7) is 8.29. The maximum Gasteiger partial charge on any atom is 0.337 e. The lowest BCUT2D eigenvalue weighted by molar-refractivity contribution is -0.138. The molecule has 1 fully saturated rings. The maximum absolute atomic E-state index is 13.4. The molecule has 2 atom stereocenters. The van der Waals surface area contributed by atoms with Crippen LogP contribution in [0.3, 0.4) is 0 Å². The van der Waals surface area contributed by atoms with Gasteiger partial charge in [-0.05, 0) is 83.5 Å². The van der Waals surface area contributed by atoms with E-state index >= 15 is 0 Å². The number of ether oxygens (including phenoxy) is 2. The molecule has 0 radical (unpaired) electrons. The average molecular weight is 553 g/mol. The summed E-state index contributed by atoms with van der Waals surface area (Å²) in [7, 11) is 1.94. The zero-order valence-electron chi connectivity index (χ0n) is 22.7. The van der Waals surface area contributed by atoms with Gasteiger partial charge >= 0.3 is 5.97 Å². The van der Waals surface area contributed by atoms with Gasteiger partial charge in [-0.2, -0.15) is 0 Å². The summed E-state index contributed by atoms with van der Waals surface area (Å²) >= 11 is 0. The number of likely N-dealkylation sites (tertiary alicyclic amines) is 1. The van der Waals surface area contributed by atoms with Crippen molar-refractivity contribution in [2.24, 2.45) is 0 Å². The van der Waals surface area contributed by atoms with Crippen molar-refractivity contribution < 1.29 is 32.1 Å². The minimum Gasteiger partial charge on any atom is -0.465 e. The zero-order chi connectivity index (χ0) is 28.3. The van der Waals surface area contributed by atoms with Crippen molar-refractivity contribution in [3.63, 3.8) is 0 Å². The van der Waals surface area contributed by atoms with Crippen LogP contribution in [0.25, 0.3) is 0 Å². The molecule has 1 aliphatic rings. The number of likely N-dealkylation sites (N-methyl/N-ethyl adjacent to an activating group) is 1. The van der Waals surface area contributed by atoms with E-state index in [1.165, 1.54) is 31.4 Å². The normalized spacial score (nSPS) is 16.9. The molecule has 10 heteroatoms. The number of rotatable bonds is 9.